The second-order valence-electron chi connectivity index (χ2n) is 6.52. The average Bonchev–Trinajstić information content (AvgIpc) is 3.29. The van der Waals surface area contributed by atoms with Crippen molar-refractivity contribution in [1.82, 2.24) is 0 Å². The molecule has 0 aromatic heterocycles. The Labute approximate surface area is 112 Å². The molecule has 0 spiro atoms. The fraction of sp³-hybridized carbons (Fsp3) is 0.625. The summed E-state index contributed by atoms with van der Waals surface area (Å²) in [5, 5.41) is 1.24. The van der Waals surface area contributed by atoms with E-state index < -0.39 is 0 Å². The molecule has 4 atom stereocenters. The third-order valence-electron chi connectivity index (χ3n) is 5.48. The summed E-state index contributed by atoms with van der Waals surface area (Å²) in [6.45, 7) is 0. The van der Waals surface area contributed by atoms with Crippen molar-refractivity contribution < 1.29 is 0 Å². The molecule has 0 bridgehead atoms. The van der Waals surface area contributed by atoms with Gasteiger partial charge < -0.3 is 0 Å². The van der Waals surface area contributed by atoms with Crippen LogP contribution in [0.25, 0.3) is 0 Å². The predicted octanol–water partition coefficient (Wildman–Crippen LogP) is 4.60. The first kappa shape index (κ1) is 10.6. The van der Waals surface area contributed by atoms with Crippen molar-refractivity contribution in [2.75, 3.05) is 5.33 Å². The minimum atomic E-state index is 0.661. The Morgan fingerprint density at radius 2 is 1.76 bits per heavy atom. The van der Waals surface area contributed by atoms with Gasteiger partial charge in [0.25, 0.3) is 0 Å². The van der Waals surface area contributed by atoms with E-state index in [0.29, 0.717) is 5.41 Å². The van der Waals surface area contributed by atoms with Crippen molar-refractivity contribution in [1.29, 1.82) is 0 Å². The largest absolute Gasteiger partial charge is 0.0922 e. The molecule has 3 fully saturated rings. The number of halogens is 1. The summed E-state index contributed by atoms with van der Waals surface area (Å²) in [7, 11) is 0. The van der Waals surface area contributed by atoms with Crippen molar-refractivity contribution >= 4 is 15.9 Å². The molecule has 1 heteroatoms. The van der Waals surface area contributed by atoms with Crippen LogP contribution in [0.5, 0.6) is 0 Å². The van der Waals surface area contributed by atoms with Gasteiger partial charge >= 0.3 is 0 Å². The van der Waals surface area contributed by atoms with Gasteiger partial charge in [-0.05, 0) is 60.3 Å². The van der Waals surface area contributed by atoms with Gasteiger partial charge in [0.05, 0.1) is 0 Å². The second kappa shape index (κ2) is 3.60. The molecule has 3 saturated carbocycles. The molecule has 0 radical (unpaired) electrons. The Bertz CT molecular complexity index is 414. The van der Waals surface area contributed by atoms with E-state index in [1.54, 1.807) is 5.56 Å². The van der Waals surface area contributed by atoms with Crippen molar-refractivity contribution in [2.24, 2.45) is 23.2 Å². The summed E-state index contributed by atoms with van der Waals surface area (Å²) in [4.78, 5) is 0. The van der Waals surface area contributed by atoms with E-state index in [4.69, 9.17) is 0 Å². The highest BCUT2D eigenvalue weighted by Gasteiger charge is 2.61. The van der Waals surface area contributed by atoms with Gasteiger partial charge in [0.15, 0.2) is 0 Å². The third kappa shape index (κ3) is 1.62. The lowest BCUT2D eigenvalue weighted by Gasteiger charge is -2.29. The van der Waals surface area contributed by atoms with Crippen LogP contribution in [0.15, 0.2) is 30.3 Å². The van der Waals surface area contributed by atoms with E-state index in [9.17, 15) is 0 Å². The number of benzene rings is 1. The fourth-order valence-electron chi connectivity index (χ4n) is 4.39. The van der Waals surface area contributed by atoms with E-state index in [-0.39, 0.29) is 0 Å². The van der Waals surface area contributed by atoms with Gasteiger partial charge in [0.1, 0.15) is 0 Å². The van der Waals surface area contributed by atoms with Crippen molar-refractivity contribution in [3.8, 4) is 0 Å². The van der Waals surface area contributed by atoms with Crippen molar-refractivity contribution in [2.45, 2.75) is 31.6 Å². The molecule has 4 rings (SSSR count). The maximum atomic E-state index is 3.82. The van der Waals surface area contributed by atoms with Crippen LogP contribution in [0, 0.1) is 23.2 Å². The summed E-state index contributed by atoms with van der Waals surface area (Å²) < 4.78 is 0. The molecule has 1 aromatic rings. The summed E-state index contributed by atoms with van der Waals surface area (Å²) in [6, 6.07) is 11.2. The Balaban J connectivity index is 1.54. The zero-order chi connectivity index (χ0) is 11.5. The highest BCUT2D eigenvalue weighted by Crippen LogP contribution is 2.70. The first-order valence-corrected chi connectivity index (χ1v) is 8.05. The van der Waals surface area contributed by atoms with E-state index >= 15 is 0 Å². The van der Waals surface area contributed by atoms with Crippen LogP contribution in [0.4, 0.5) is 0 Å². The van der Waals surface area contributed by atoms with Gasteiger partial charge in [-0.25, -0.2) is 0 Å². The molecular weight excluding hydrogens is 272 g/mol. The zero-order valence-electron chi connectivity index (χ0n) is 10.1. The Hall–Kier alpha value is -0.300. The second-order valence-corrected chi connectivity index (χ2v) is 7.08. The number of alkyl halides is 1. The molecule has 1 aromatic carbocycles. The summed E-state index contributed by atoms with van der Waals surface area (Å²) in [5.41, 5.74) is 2.24. The fourth-order valence-corrected chi connectivity index (χ4v) is 5.26. The van der Waals surface area contributed by atoms with Gasteiger partial charge in [-0.3, -0.25) is 0 Å². The standard InChI is InChI=1S/C16H19Br/c17-10-16(8-12-6-13(12)9-16)15-7-14(15)11-4-2-1-3-5-11/h1-5,12-15H,6-10H2. The molecule has 0 nitrogen and oxygen atoms in total. The Morgan fingerprint density at radius 1 is 1.06 bits per heavy atom. The summed E-state index contributed by atoms with van der Waals surface area (Å²) >= 11 is 3.82. The van der Waals surface area contributed by atoms with Crippen LogP contribution < -0.4 is 0 Å². The summed E-state index contributed by atoms with van der Waals surface area (Å²) in [6.07, 6.45) is 6.00. The molecule has 3 aliphatic rings. The Morgan fingerprint density at radius 3 is 2.41 bits per heavy atom. The van der Waals surface area contributed by atoms with Gasteiger partial charge in [0.2, 0.25) is 0 Å². The van der Waals surface area contributed by atoms with Crippen LogP contribution in [0.3, 0.4) is 0 Å². The molecular formula is C16H19Br. The lowest BCUT2D eigenvalue weighted by atomic mass is 9.78. The monoisotopic (exact) mass is 290 g/mol. The molecule has 0 N–H and O–H groups in total. The van der Waals surface area contributed by atoms with Crippen LogP contribution in [0.2, 0.25) is 0 Å². The summed E-state index contributed by atoms with van der Waals surface area (Å²) in [5.74, 6) is 4.04. The average molecular weight is 291 g/mol. The van der Waals surface area contributed by atoms with Crippen LogP contribution in [0.1, 0.15) is 37.2 Å². The van der Waals surface area contributed by atoms with Gasteiger partial charge in [-0.15, -0.1) is 0 Å². The molecule has 0 amide bonds. The maximum absolute atomic E-state index is 3.82. The minimum Gasteiger partial charge on any atom is -0.0922 e. The van der Waals surface area contributed by atoms with Crippen molar-refractivity contribution in [3.63, 3.8) is 0 Å². The SMILES string of the molecule is BrCC1(C2CC2c2ccccc2)CC2CC2C1. The first-order valence-electron chi connectivity index (χ1n) is 6.93. The number of fused-ring (bicyclic) bond motifs is 1. The van der Waals surface area contributed by atoms with Gasteiger partial charge in [-0.1, -0.05) is 46.3 Å². The predicted molar refractivity (Wildman–Crippen MR) is 74.3 cm³/mol. The molecule has 90 valence electrons. The highest BCUT2D eigenvalue weighted by atomic mass is 79.9. The van der Waals surface area contributed by atoms with E-state index in [1.807, 2.05) is 0 Å². The topological polar surface area (TPSA) is 0 Å². The van der Waals surface area contributed by atoms with E-state index in [2.05, 4.69) is 46.3 Å². The van der Waals surface area contributed by atoms with E-state index in [0.717, 1.165) is 23.7 Å². The lowest BCUT2D eigenvalue weighted by molar-refractivity contribution is 0.257. The van der Waals surface area contributed by atoms with Crippen LogP contribution in [-0.2, 0) is 0 Å². The van der Waals surface area contributed by atoms with Crippen LogP contribution in [-0.4, -0.2) is 5.33 Å². The molecule has 0 saturated heterocycles. The normalized spacial score (nSPS) is 46.6. The van der Waals surface area contributed by atoms with Gasteiger partial charge in [-0.2, -0.15) is 0 Å². The first-order chi connectivity index (χ1) is 8.32. The molecule has 3 aliphatic carbocycles. The molecule has 17 heavy (non-hydrogen) atoms. The molecule has 0 heterocycles. The van der Waals surface area contributed by atoms with Crippen molar-refractivity contribution in [3.05, 3.63) is 35.9 Å². The highest BCUT2D eigenvalue weighted by molar-refractivity contribution is 9.09. The number of hydrogen-bond donors (Lipinski definition) is 0. The minimum absolute atomic E-state index is 0.661. The van der Waals surface area contributed by atoms with Crippen LogP contribution >= 0.6 is 15.9 Å². The number of hydrogen-bond acceptors (Lipinski definition) is 0. The zero-order valence-corrected chi connectivity index (χ0v) is 11.7. The number of rotatable bonds is 3. The van der Waals surface area contributed by atoms with Gasteiger partial charge in [0, 0.05) is 5.33 Å². The quantitative estimate of drug-likeness (QED) is 0.714. The Kier molecular flexibility index (Phi) is 2.25. The molecule has 0 aliphatic heterocycles. The molecule has 4 unspecified atom stereocenters. The third-order valence-corrected chi connectivity index (χ3v) is 6.59. The lowest BCUT2D eigenvalue weighted by Crippen LogP contribution is -2.24. The smallest absolute Gasteiger partial charge is 0.00910 e. The van der Waals surface area contributed by atoms with E-state index in [1.165, 1.54) is 31.0 Å². The maximum Gasteiger partial charge on any atom is 0.00910 e.